The largest absolute Gasteiger partial charge is 0.320 e. The predicted molar refractivity (Wildman–Crippen MR) is 79.0 cm³/mol. The summed E-state index contributed by atoms with van der Waals surface area (Å²) >= 11 is 5.45. The van der Waals surface area contributed by atoms with Crippen molar-refractivity contribution in [3.63, 3.8) is 0 Å². The minimum Gasteiger partial charge on any atom is -0.320 e. The van der Waals surface area contributed by atoms with E-state index >= 15 is 0 Å². The van der Waals surface area contributed by atoms with Gasteiger partial charge in [0, 0.05) is 8.04 Å². The highest BCUT2D eigenvalue weighted by atomic mass is 127. The molecule has 0 fully saturated rings. The molecule has 0 saturated heterocycles. The monoisotopic (exact) mass is 420 g/mol. The maximum atomic E-state index is 12.7. The van der Waals surface area contributed by atoms with Crippen LogP contribution >= 0.6 is 38.5 Å². The van der Waals surface area contributed by atoms with E-state index in [9.17, 15) is 9.18 Å². The molecular weight excluding hydrogens is 414 g/mol. The van der Waals surface area contributed by atoms with Gasteiger partial charge in [0.1, 0.15) is 11.5 Å². The van der Waals surface area contributed by atoms with E-state index in [1.54, 1.807) is 6.07 Å². The molecule has 1 amide bonds. The second-order valence-corrected chi connectivity index (χ2v) is 5.52. The first-order valence-electron chi connectivity index (χ1n) is 4.94. The number of amides is 1. The summed E-state index contributed by atoms with van der Waals surface area (Å²) in [6.45, 7) is 0. The Morgan fingerprint density at radius 2 is 2.11 bits per heavy atom. The highest BCUT2D eigenvalue weighted by Crippen LogP contribution is 2.23. The van der Waals surface area contributed by atoms with E-state index in [4.69, 9.17) is 0 Å². The van der Waals surface area contributed by atoms with Crippen molar-refractivity contribution in [3.05, 3.63) is 56.1 Å². The fourth-order valence-electron chi connectivity index (χ4n) is 1.29. The first kappa shape index (κ1) is 13.4. The van der Waals surface area contributed by atoms with Crippen LogP contribution in [0.5, 0.6) is 0 Å². The molecule has 1 N–H and O–H groups in total. The normalized spacial score (nSPS) is 10.2. The molecule has 0 spiro atoms. The van der Waals surface area contributed by atoms with Crippen LogP contribution in [0, 0.1) is 9.39 Å². The van der Waals surface area contributed by atoms with Gasteiger partial charge in [0.05, 0.1) is 11.9 Å². The number of hydrogen-bond acceptors (Lipinski definition) is 2. The SMILES string of the molecule is O=C(Nc1cc(Br)ccc1I)c1ccc(F)cn1. The smallest absolute Gasteiger partial charge is 0.274 e. The van der Waals surface area contributed by atoms with Gasteiger partial charge in [-0.15, -0.1) is 0 Å². The Kier molecular flexibility index (Phi) is 4.28. The second-order valence-electron chi connectivity index (χ2n) is 3.44. The molecule has 0 atom stereocenters. The lowest BCUT2D eigenvalue weighted by Crippen LogP contribution is -2.14. The third-order valence-electron chi connectivity index (χ3n) is 2.14. The van der Waals surface area contributed by atoms with E-state index < -0.39 is 5.82 Å². The van der Waals surface area contributed by atoms with Gasteiger partial charge < -0.3 is 5.32 Å². The van der Waals surface area contributed by atoms with Crippen molar-refractivity contribution in [2.75, 3.05) is 5.32 Å². The van der Waals surface area contributed by atoms with Crippen molar-refractivity contribution < 1.29 is 9.18 Å². The summed E-state index contributed by atoms with van der Waals surface area (Å²) in [5, 5.41) is 2.73. The Labute approximate surface area is 125 Å². The van der Waals surface area contributed by atoms with Crippen LogP contribution in [0.2, 0.25) is 0 Å². The number of nitrogens with one attached hydrogen (secondary N) is 1. The Bertz CT molecular complexity index is 589. The number of carbonyl (C=O) groups excluding carboxylic acids is 1. The van der Waals surface area contributed by atoms with E-state index in [2.05, 4.69) is 48.8 Å². The molecule has 0 bridgehead atoms. The molecule has 0 unspecified atom stereocenters. The van der Waals surface area contributed by atoms with Gasteiger partial charge in [-0.2, -0.15) is 0 Å². The van der Waals surface area contributed by atoms with Crippen molar-refractivity contribution in [1.29, 1.82) is 0 Å². The number of halogens is 3. The van der Waals surface area contributed by atoms with Crippen LogP contribution < -0.4 is 5.32 Å². The van der Waals surface area contributed by atoms with E-state index in [0.717, 1.165) is 14.2 Å². The third-order valence-corrected chi connectivity index (χ3v) is 3.57. The van der Waals surface area contributed by atoms with Crippen molar-refractivity contribution in [3.8, 4) is 0 Å². The number of benzene rings is 1. The summed E-state index contributed by atoms with van der Waals surface area (Å²) in [4.78, 5) is 15.6. The number of hydrogen-bond donors (Lipinski definition) is 1. The van der Waals surface area contributed by atoms with Gasteiger partial charge in [-0.05, 0) is 52.9 Å². The van der Waals surface area contributed by atoms with Gasteiger partial charge in [-0.1, -0.05) is 15.9 Å². The van der Waals surface area contributed by atoms with Crippen LogP contribution in [0.3, 0.4) is 0 Å². The predicted octanol–water partition coefficient (Wildman–Crippen LogP) is 3.84. The first-order valence-corrected chi connectivity index (χ1v) is 6.81. The molecule has 0 saturated carbocycles. The zero-order valence-electron chi connectivity index (χ0n) is 8.95. The molecule has 2 aromatic rings. The van der Waals surface area contributed by atoms with Crippen LogP contribution in [-0.2, 0) is 0 Å². The first-order chi connectivity index (χ1) is 8.56. The average molecular weight is 421 g/mol. The average Bonchev–Trinajstić information content (AvgIpc) is 2.34. The molecule has 18 heavy (non-hydrogen) atoms. The van der Waals surface area contributed by atoms with Crippen LogP contribution in [0.4, 0.5) is 10.1 Å². The quantitative estimate of drug-likeness (QED) is 0.750. The third kappa shape index (κ3) is 3.26. The van der Waals surface area contributed by atoms with Crippen molar-refractivity contribution in [2.24, 2.45) is 0 Å². The molecule has 1 aromatic carbocycles. The number of rotatable bonds is 2. The van der Waals surface area contributed by atoms with Gasteiger partial charge in [0.15, 0.2) is 0 Å². The van der Waals surface area contributed by atoms with Gasteiger partial charge >= 0.3 is 0 Å². The molecular formula is C12H7BrFIN2O. The zero-order valence-corrected chi connectivity index (χ0v) is 12.7. The summed E-state index contributed by atoms with van der Waals surface area (Å²) in [6.07, 6.45) is 1.01. The molecule has 0 radical (unpaired) electrons. The van der Waals surface area contributed by atoms with Gasteiger partial charge in [-0.25, -0.2) is 9.37 Å². The zero-order chi connectivity index (χ0) is 13.1. The second kappa shape index (κ2) is 5.75. The van der Waals surface area contributed by atoms with Crippen molar-refractivity contribution in [1.82, 2.24) is 4.98 Å². The maximum absolute atomic E-state index is 12.7. The van der Waals surface area contributed by atoms with E-state index in [0.29, 0.717) is 5.69 Å². The van der Waals surface area contributed by atoms with Crippen molar-refractivity contribution >= 4 is 50.1 Å². The Hall–Kier alpha value is -1.02. The highest BCUT2D eigenvalue weighted by Gasteiger charge is 2.09. The highest BCUT2D eigenvalue weighted by molar-refractivity contribution is 14.1. The lowest BCUT2D eigenvalue weighted by atomic mass is 10.3. The molecule has 0 aliphatic rings. The van der Waals surface area contributed by atoms with Crippen molar-refractivity contribution in [2.45, 2.75) is 0 Å². The molecule has 1 aromatic heterocycles. The lowest BCUT2D eigenvalue weighted by Gasteiger charge is -2.07. The molecule has 6 heteroatoms. The van der Waals surface area contributed by atoms with Gasteiger partial charge in [0.25, 0.3) is 5.91 Å². The number of anilines is 1. The fourth-order valence-corrected chi connectivity index (χ4v) is 2.12. The fraction of sp³-hybridized carbons (Fsp3) is 0. The van der Waals surface area contributed by atoms with Crippen LogP contribution in [0.1, 0.15) is 10.5 Å². The standard InChI is InChI=1S/C12H7BrFIN2O/c13-7-1-3-9(15)11(5-7)17-12(18)10-4-2-8(14)6-16-10/h1-6H,(H,17,18). The molecule has 1 heterocycles. The van der Waals surface area contributed by atoms with E-state index in [-0.39, 0.29) is 11.6 Å². The van der Waals surface area contributed by atoms with Crippen LogP contribution in [-0.4, -0.2) is 10.9 Å². The summed E-state index contributed by atoms with van der Waals surface area (Å²) in [5.41, 5.74) is 0.855. The summed E-state index contributed by atoms with van der Waals surface area (Å²) in [6, 6.07) is 8.10. The van der Waals surface area contributed by atoms with E-state index in [1.807, 2.05) is 12.1 Å². The maximum Gasteiger partial charge on any atom is 0.274 e. The number of aromatic nitrogens is 1. The summed E-state index contributed by atoms with van der Waals surface area (Å²) in [7, 11) is 0. The van der Waals surface area contributed by atoms with Gasteiger partial charge in [-0.3, -0.25) is 4.79 Å². The molecule has 92 valence electrons. The topological polar surface area (TPSA) is 42.0 Å². The van der Waals surface area contributed by atoms with E-state index in [1.165, 1.54) is 12.1 Å². The summed E-state index contributed by atoms with van der Waals surface area (Å²) in [5.74, 6) is -0.838. The minimum absolute atomic E-state index is 0.173. The number of nitrogens with zero attached hydrogens (tertiary/aromatic N) is 1. The van der Waals surface area contributed by atoms with Crippen LogP contribution in [0.15, 0.2) is 41.0 Å². The summed E-state index contributed by atoms with van der Waals surface area (Å²) < 4.78 is 14.5. The lowest BCUT2D eigenvalue weighted by molar-refractivity contribution is 0.102. The number of carbonyl (C=O) groups is 1. The Morgan fingerprint density at radius 3 is 2.78 bits per heavy atom. The molecule has 3 nitrogen and oxygen atoms in total. The molecule has 0 aliphatic carbocycles. The molecule has 0 aliphatic heterocycles. The van der Waals surface area contributed by atoms with Crippen LogP contribution in [0.25, 0.3) is 0 Å². The minimum atomic E-state index is -0.469. The Morgan fingerprint density at radius 1 is 1.33 bits per heavy atom. The molecule has 2 rings (SSSR count). The number of pyridine rings is 1. The van der Waals surface area contributed by atoms with Gasteiger partial charge in [0.2, 0.25) is 0 Å². The Balaban J connectivity index is 2.21.